The molecule has 0 saturated carbocycles. The Morgan fingerprint density at radius 3 is 1.07 bits per heavy atom. The first-order valence-electron chi connectivity index (χ1n) is 43.4. The van der Waals surface area contributed by atoms with E-state index in [1.54, 1.807) is 37.2 Å². The largest absolute Gasteiger partial charge is 0.338 e. The van der Waals surface area contributed by atoms with Gasteiger partial charge in [-0.3, -0.25) is 52.5 Å². The maximum absolute atomic E-state index is 12.7. The molecule has 4 aromatic carbocycles. The van der Waals surface area contributed by atoms with Gasteiger partial charge in [0.25, 0.3) is 17.7 Å². The van der Waals surface area contributed by atoms with Crippen molar-refractivity contribution < 1.29 is 14.4 Å². The second-order valence-electron chi connectivity index (χ2n) is 33.7. The van der Waals surface area contributed by atoms with Crippen molar-refractivity contribution in [2.75, 3.05) is 105 Å². The van der Waals surface area contributed by atoms with Crippen LogP contribution in [0.1, 0.15) is 169 Å². The summed E-state index contributed by atoms with van der Waals surface area (Å²) >= 11 is 0. The van der Waals surface area contributed by atoms with Crippen molar-refractivity contribution in [2.45, 2.75) is 165 Å². The predicted octanol–water partition coefficient (Wildman–Crippen LogP) is 10.1. The van der Waals surface area contributed by atoms with Crippen LogP contribution < -0.4 is 22.8 Å². The summed E-state index contributed by atoms with van der Waals surface area (Å²) in [7, 11) is 0. The number of aryl methyl sites for hydroxylation is 1. The Labute approximate surface area is 696 Å². The lowest BCUT2D eigenvalue weighted by Gasteiger charge is -2.42. The molecule has 8 aliphatic heterocycles. The van der Waals surface area contributed by atoms with Crippen molar-refractivity contribution in [1.82, 2.24) is 107 Å². The standard InChI is InChI=1S/C24H29N5O2.C23H29N5O.2C22H26N6O2/c1-17-4-5-22-21(15-17)26-24(31)29(22)20-8-11-27(12-9-20)19-6-13-28(14-7-19)23(30)18-3-2-10-25-16-18;29-23-25-21-5-1-2-6-22(21)28(23)20-9-14-27(15-10-20)19-7-12-26(13-8-19)17-18-4-3-11-24-16-18;29-21(19-15-23-9-10-24-19)27-13-5-16(6-14-27)26-11-7-17(8-12-26)28-20-4-2-1-3-18(20)25-22(28)30;29-21(16-13-23-15-24-14-16)27-11-5-17(6-12-27)26-9-7-18(8-10-26)28-20-4-2-1-3-19(20)25-22(28)30/h2-5,10,15-16,19-20H,6-9,11-14H2,1H3,(H,26,31);1-6,11,16,19-20H,7-10,12-15,17H2,(H,25,29);1-4,9-10,15-17H,5-8,11-14H2,(H,25,30);1-4,13-15,17-18H,5-12H2,(H,25,30). The SMILES string of the molecule is Cc1ccc2c(c1)[nH]c(=O)n2C1CCN(C2CCN(C(=O)c3cccnc3)CC2)CC1.O=C(c1cnccn1)N1CCC(N2CCC(n3c(=O)[nH]c4ccccc43)CC2)CC1.O=C(c1cncnc1)N1CCC(N2CCC(n3c(=O)[nH]c4ccccc43)CC2)CC1.O=c1[nH]c2ccccc2n1C1CCN(C2CCN(Cc3cccnc3)CC2)CC1. The van der Waals surface area contributed by atoms with E-state index in [0.717, 1.165) is 251 Å². The molecule has 626 valence electrons. The first kappa shape index (κ1) is 81.0. The van der Waals surface area contributed by atoms with Crippen molar-refractivity contribution in [1.29, 1.82) is 0 Å². The summed E-state index contributed by atoms with van der Waals surface area (Å²) in [6.07, 6.45) is 32.8. The minimum absolute atomic E-state index is 0.00118. The molecule has 8 saturated heterocycles. The third kappa shape index (κ3) is 18.3. The number of aromatic nitrogens is 14. The summed E-state index contributed by atoms with van der Waals surface area (Å²) in [5.41, 5.74) is 11.9. The number of fused-ring (bicyclic) bond motifs is 4. The average molecular weight is 1620 g/mol. The lowest BCUT2D eigenvalue weighted by atomic mass is 9.97. The summed E-state index contributed by atoms with van der Waals surface area (Å²) in [5.74, 6) is 0.0737. The summed E-state index contributed by atoms with van der Waals surface area (Å²) in [4.78, 5) is 143. The van der Waals surface area contributed by atoms with Gasteiger partial charge in [0.1, 0.15) is 12.0 Å². The normalized spacial score (nSPS) is 19.6. The van der Waals surface area contributed by atoms with E-state index in [2.05, 4.69) is 98.6 Å². The number of aromatic amines is 4. The third-order valence-electron chi connectivity index (χ3n) is 26.7. The van der Waals surface area contributed by atoms with E-state index in [-0.39, 0.29) is 58.6 Å². The molecule has 8 aromatic heterocycles. The van der Waals surface area contributed by atoms with Crippen LogP contribution in [-0.2, 0) is 6.54 Å². The molecule has 29 nitrogen and oxygen atoms in total. The summed E-state index contributed by atoms with van der Waals surface area (Å²) < 4.78 is 7.83. The third-order valence-corrected chi connectivity index (χ3v) is 26.7. The summed E-state index contributed by atoms with van der Waals surface area (Å²) in [6.45, 7) is 18.1. The lowest BCUT2D eigenvalue weighted by Crippen LogP contribution is -2.49. The number of rotatable bonds is 13. The molecule has 4 N–H and O–H groups in total. The lowest BCUT2D eigenvalue weighted by molar-refractivity contribution is 0.0547. The molecule has 0 atom stereocenters. The van der Waals surface area contributed by atoms with Gasteiger partial charge < -0.3 is 54.2 Å². The number of amides is 3. The van der Waals surface area contributed by atoms with Crippen molar-refractivity contribution in [3.8, 4) is 0 Å². The molecule has 120 heavy (non-hydrogen) atoms. The van der Waals surface area contributed by atoms with Crippen molar-refractivity contribution in [3.05, 3.63) is 247 Å². The zero-order valence-electron chi connectivity index (χ0n) is 68.6. The molecule has 0 aliphatic carbocycles. The van der Waals surface area contributed by atoms with Gasteiger partial charge in [-0.05, 0) is 201 Å². The number of hydrogen-bond acceptors (Lipinski definition) is 18. The van der Waals surface area contributed by atoms with E-state index < -0.39 is 0 Å². The van der Waals surface area contributed by atoms with Crippen molar-refractivity contribution in [3.63, 3.8) is 0 Å². The van der Waals surface area contributed by atoms with E-state index in [1.807, 2.05) is 143 Å². The Morgan fingerprint density at radius 1 is 0.325 bits per heavy atom. The van der Waals surface area contributed by atoms with E-state index in [0.29, 0.717) is 47.0 Å². The second-order valence-corrected chi connectivity index (χ2v) is 33.7. The van der Waals surface area contributed by atoms with Gasteiger partial charge in [0.05, 0.1) is 61.5 Å². The highest BCUT2D eigenvalue weighted by Crippen LogP contribution is 2.35. The first-order chi connectivity index (χ1) is 58.8. The van der Waals surface area contributed by atoms with Crippen LogP contribution in [0.3, 0.4) is 0 Å². The van der Waals surface area contributed by atoms with Crippen LogP contribution in [0.4, 0.5) is 0 Å². The number of carbonyl (C=O) groups excluding carboxylic acids is 3. The van der Waals surface area contributed by atoms with Gasteiger partial charge in [-0.2, -0.15) is 0 Å². The molecule has 8 aliphatic rings. The molecular formula is C91H110N22O7. The molecular weight excluding hydrogens is 1510 g/mol. The van der Waals surface area contributed by atoms with Gasteiger partial charge in [-0.15, -0.1) is 0 Å². The highest BCUT2D eigenvalue weighted by molar-refractivity contribution is 5.94. The van der Waals surface area contributed by atoms with Crippen LogP contribution in [-0.4, -0.2) is 254 Å². The summed E-state index contributed by atoms with van der Waals surface area (Å²) in [6, 6.07) is 41.1. The van der Waals surface area contributed by atoms with Crippen molar-refractivity contribution >= 4 is 61.9 Å². The monoisotopic (exact) mass is 1620 g/mol. The maximum Gasteiger partial charge on any atom is 0.326 e. The zero-order valence-corrected chi connectivity index (χ0v) is 68.6. The molecule has 0 radical (unpaired) electrons. The van der Waals surface area contributed by atoms with Crippen molar-refractivity contribution in [2.24, 2.45) is 0 Å². The van der Waals surface area contributed by atoms with Crippen LogP contribution in [0.5, 0.6) is 0 Å². The predicted molar refractivity (Wildman–Crippen MR) is 462 cm³/mol. The topological polar surface area (TPSA) is 306 Å². The number of hydrogen-bond donors (Lipinski definition) is 4. The fourth-order valence-corrected chi connectivity index (χ4v) is 20.3. The number of piperidine rings is 8. The molecule has 0 bridgehead atoms. The van der Waals surface area contributed by atoms with Gasteiger partial charge in [0, 0.05) is 196 Å². The number of likely N-dealkylation sites (tertiary alicyclic amines) is 8. The minimum Gasteiger partial charge on any atom is -0.338 e. The van der Waals surface area contributed by atoms with Gasteiger partial charge in [0.2, 0.25) is 0 Å². The average Bonchev–Trinajstić information content (AvgIpc) is 1.62. The molecule has 3 amide bonds. The number of para-hydroxylation sites is 6. The van der Waals surface area contributed by atoms with Gasteiger partial charge in [0.15, 0.2) is 0 Å². The number of nitrogens with one attached hydrogen (secondary N) is 4. The molecule has 12 aromatic rings. The number of imidazole rings is 4. The van der Waals surface area contributed by atoms with E-state index in [1.165, 1.54) is 30.9 Å². The Balaban J connectivity index is 0.000000114. The van der Waals surface area contributed by atoms with E-state index in [4.69, 9.17) is 0 Å². The van der Waals surface area contributed by atoms with Crippen LogP contribution in [0, 0.1) is 6.92 Å². The fraction of sp³-hybridized carbons (Fsp3) is 0.462. The smallest absolute Gasteiger partial charge is 0.326 e. The van der Waals surface area contributed by atoms with Gasteiger partial charge in [-0.25, -0.2) is 34.1 Å². The molecule has 20 rings (SSSR count). The molecule has 0 unspecified atom stereocenters. The fourth-order valence-electron chi connectivity index (χ4n) is 20.3. The molecule has 29 heteroatoms. The molecule has 8 fully saturated rings. The number of carbonyl (C=O) groups is 3. The quantitative estimate of drug-likeness (QED) is 0.0834. The highest BCUT2D eigenvalue weighted by Gasteiger charge is 2.37. The Hall–Kier alpha value is -11.4. The molecule has 16 heterocycles. The highest BCUT2D eigenvalue weighted by atomic mass is 16.2. The first-order valence-corrected chi connectivity index (χ1v) is 43.4. The molecule has 0 spiro atoms. The Kier molecular flexibility index (Phi) is 25.3. The van der Waals surface area contributed by atoms with Gasteiger partial charge in [-0.1, -0.05) is 48.5 Å². The zero-order chi connectivity index (χ0) is 82.0. The number of H-pyrrole nitrogens is 4. The second kappa shape index (κ2) is 37.5. The van der Waals surface area contributed by atoms with Gasteiger partial charge >= 0.3 is 22.8 Å². The van der Waals surface area contributed by atoms with Crippen LogP contribution >= 0.6 is 0 Å². The van der Waals surface area contributed by atoms with E-state index in [9.17, 15) is 33.6 Å². The number of nitrogens with zero attached hydrogens (tertiary/aromatic N) is 18. The minimum atomic E-state index is -0.0287. The van der Waals surface area contributed by atoms with Crippen LogP contribution in [0.2, 0.25) is 0 Å². The summed E-state index contributed by atoms with van der Waals surface area (Å²) in [5, 5.41) is 0. The Morgan fingerprint density at radius 2 is 0.675 bits per heavy atom. The van der Waals surface area contributed by atoms with Crippen LogP contribution in [0.15, 0.2) is 197 Å². The van der Waals surface area contributed by atoms with E-state index >= 15 is 0 Å². The number of benzene rings is 4. The maximum atomic E-state index is 12.7. The van der Waals surface area contributed by atoms with Crippen LogP contribution in [0.25, 0.3) is 44.1 Å². The Bertz CT molecular complexity index is 5490. The number of pyridine rings is 2.